The standard InChI is InChI=1S/C12H14N2O3S/c1-8(6-15)13-11(16)5-9-7-18-12(14-9)10-3-2-4-17-10/h2-4,7-8,15H,5-6H2,1H3,(H,13,16). The number of nitrogens with zero attached hydrogens (tertiary/aromatic N) is 1. The maximum atomic E-state index is 11.6. The van der Waals surface area contributed by atoms with Crippen LogP contribution in [-0.2, 0) is 11.2 Å². The fraction of sp³-hybridized carbons (Fsp3) is 0.333. The van der Waals surface area contributed by atoms with Gasteiger partial charge < -0.3 is 14.8 Å². The lowest BCUT2D eigenvalue weighted by molar-refractivity contribution is -0.121. The quantitative estimate of drug-likeness (QED) is 0.858. The Labute approximate surface area is 108 Å². The molecular formula is C12H14N2O3S. The molecule has 0 saturated heterocycles. The van der Waals surface area contributed by atoms with E-state index in [1.165, 1.54) is 11.3 Å². The largest absolute Gasteiger partial charge is 0.462 e. The monoisotopic (exact) mass is 266 g/mol. The Bertz CT molecular complexity index is 507. The third-order valence-electron chi connectivity index (χ3n) is 2.31. The van der Waals surface area contributed by atoms with Crippen LogP contribution >= 0.6 is 11.3 Å². The average molecular weight is 266 g/mol. The normalized spacial score (nSPS) is 12.3. The van der Waals surface area contributed by atoms with Crippen LogP contribution in [0.1, 0.15) is 12.6 Å². The Hall–Kier alpha value is -1.66. The first kappa shape index (κ1) is 12.8. The molecule has 2 aromatic heterocycles. The molecule has 96 valence electrons. The van der Waals surface area contributed by atoms with Gasteiger partial charge in [0.1, 0.15) is 0 Å². The molecule has 5 nitrogen and oxygen atoms in total. The molecule has 0 aliphatic heterocycles. The summed E-state index contributed by atoms with van der Waals surface area (Å²) in [7, 11) is 0. The third kappa shape index (κ3) is 3.18. The number of carbonyl (C=O) groups is 1. The van der Waals surface area contributed by atoms with Crippen LogP contribution in [0.5, 0.6) is 0 Å². The topological polar surface area (TPSA) is 75.4 Å². The van der Waals surface area contributed by atoms with Crippen molar-refractivity contribution in [3.05, 3.63) is 29.5 Å². The van der Waals surface area contributed by atoms with Gasteiger partial charge in [0.05, 0.1) is 25.0 Å². The average Bonchev–Trinajstić information content (AvgIpc) is 2.98. The van der Waals surface area contributed by atoms with Crippen LogP contribution in [0.3, 0.4) is 0 Å². The van der Waals surface area contributed by atoms with Crippen molar-refractivity contribution >= 4 is 17.2 Å². The number of amides is 1. The van der Waals surface area contributed by atoms with Crippen LogP contribution in [0.25, 0.3) is 10.8 Å². The number of carbonyl (C=O) groups excluding carboxylic acids is 1. The second kappa shape index (κ2) is 5.79. The van der Waals surface area contributed by atoms with Crippen LogP contribution in [0.2, 0.25) is 0 Å². The van der Waals surface area contributed by atoms with E-state index in [0.29, 0.717) is 11.5 Å². The predicted molar refractivity (Wildman–Crippen MR) is 68.2 cm³/mol. The zero-order chi connectivity index (χ0) is 13.0. The number of aliphatic hydroxyl groups excluding tert-OH is 1. The summed E-state index contributed by atoms with van der Waals surface area (Å²) in [5, 5.41) is 14.1. The van der Waals surface area contributed by atoms with Gasteiger partial charge in [-0.05, 0) is 19.1 Å². The van der Waals surface area contributed by atoms with Gasteiger partial charge in [-0.1, -0.05) is 0 Å². The first-order chi connectivity index (χ1) is 8.69. The summed E-state index contributed by atoms with van der Waals surface area (Å²) in [6.45, 7) is 1.67. The zero-order valence-corrected chi connectivity index (χ0v) is 10.7. The summed E-state index contributed by atoms with van der Waals surface area (Å²) in [5.74, 6) is 0.559. The molecule has 1 atom stereocenters. The van der Waals surface area contributed by atoms with Crippen LogP contribution < -0.4 is 5.32 Å². The number of aromatic nitrogens is 1. The van der Waals surface area contributed by atoms with E-state index in [2.05, 4.69) is 10.3 Å². The van der Waals surface area contributed by atoms with E-state index in [0.717, 1.165) is 5.01 Å². The molecule has 2 rings (SSSR count). The third-order valence-corrected chi connectivity index (χ3v) is 3.21. The van der Waals surface area contributed by atoms with Gasteiger partial charge in [-0.25, -0.2) is 4.98 Å². The van der Waals surface area contributed by atoms with Gasteiger partial charge in [-0.15, -0.1) is 11.3 Å². The molecule has 0 radical (unpaired) electrons. The molecule has 0 aliphatic rings. The van der Waals surface area contributed by atoms with Crippen LogP contribution in [0.4, 0.5) is 0 Å². The number of thiazole rings is 1. The molecular weight excluding hydrogens is 252 g/mol. The number of hydrogen-bond donors (Lipinski definition) is 2. The first-order valence-electron chi connectivity index (χ1n) is 5.57. The number of furan rings is 1. The van der Waals surface area contributed by atoms with Gasteiger partial charge in [0, 0.05) is 11.4 Å². The second-order valence-corrected chi connectivity index (χ2v) is 4.81. The summed E-state index contributed by atoms with van der Waals surface area (Å²) in [6, 6.07) is 3.39. The van der Waals surface area contributed by atoms with Gasteiger partial charge in [-0.3, -0.25) is 4.79 Å². The number of hydrogen-bond acceptors (Lipinski definition) is 5. The van der Waals surface area contributed by atoms with Crippen molar-refractivity contribution in [2.75, 3.05) is 6.61 Å². The van der Waals surface area contributed by atoms with E-state index in [-0.39, 0.29) is 25.0 Å². The Balaban J connectivity index is 1.97. The Morgan fingerprint density at radius 2 is 2.50 bits per heavy atom. The molecule has 6 heteroatoms. The van der Waals surface area contributed by atoms with Crippen molar-refractivity contribution in [2.24, 2.45) is 0 Å². The molecule has 0 saturated carbocycles. The Morgan fingerprint density at radius 1 is 1.67 bits per heavy atom. The van der Waals surface area contributed by atoms with Crippen LogP contribution in [0.15, 0.2) is 28.2 Å². The molecule has 2 heterocycles. The minimum absolute atomic E-state index is 0.0690. The van der Waals surface area contributed by atoms with Crippen LogP contribution in [0, 0.1) is 0 Å². The zero-order valence-electron chi connectivity index (χ0n) is 9.92. The van der Waals surface area contributed by atoms with E-state index in [9.17, 15) is 4.79 Å². The number of rotatable bonds is 5. The maximum absolute atomic E-state index is 11.6. The highest BCUT2D eigenvalue weighted by atomic mass is 32.1. The molecule has 0 aromatic carbocycles. The SMILES string of the molecule is CC(CO)NC(=O)Cc1csc(-c2ccco2)n1. The summed E-state index contributed by atoms with van der Waals surface area (Å²) in [5.41, 5.74) is 0.703. The predicted octanol–water partition coefficient (Wildman–Crippen LogP) is 1.44. The minimum atomic E-state index is -0.235. The highest BCUT2D eigenvalue weighted by Crippen LogP contribution is 2.23. The lowest BCUT2D eigenvalue weighted by atomic mass is 10.3. The van der Waals surface area contributed by atoms with Crippen molar-refractivity contribution in [1.82, 2.24) is 10.3 Å². The van der Waals surface area contributed by atoms with Crippen molar-refractivity contribution in [3.63, 3.8) is 0 Å². The molecule has 2 N–H and O–H groups in total. The molecule has 2 aromatic rings. The molecule has 1 amide bonds. The molecule has 1 unspecified atom stereocenters. The second-order valence-electron chi connectivity index (χ2n) is 3.95. The first-order valence-corrected chi connectivity index (χ1v) is 6.45. The number of nitrogens with one attached hydrogen (secondary N) is 1. The van der Waals surface area contributed by atoms with E-state index < -0.39 is 0 Å². The minimum Gasteiger partial charge on any atom is -0.462 e. The molecule has 0 bridgehead atoms. The lowest BCUT2D eigenvalue weighted by Gasteiger charge is -2.09. The summed E-state index contributed by atoms with van der Waals surface area (Å²) in [4.78, 5) is 15.9. The van der Waals surface area contributed by atoms with E-state index >= 15 is 0 Å². The van der Waals surface area contributed by atoms with E-state index in [1.807, 2.05) is 11.4 Å². The lowest BCUT2D eigenvalue weighted by Crippen LogP contribution is -2.36. The summed E-state index contributed by atoms with van der Waals surface area (Å²) >= 11 is 1.44. The fourth-order valence-corrected chi connectivity index (χ4v) is 2.22. The summed E-state index contributed by atoms with van der Waals surface area (Å²) < 4.78 is 5.23. The van der Waals surface area contributed by atoms with Crippen molar-refractivity contribution < 1.29 is 14.3 Å². The molecule has 0 fully saturated rings. The van der Waals surface area contributed by atoms with Gasteiger partial charge >= 0.3 is 0 Å². The van der Waals surface area contributed by atoms with Crippen molar-refractivity contribution in [3.8, 4) is 10.8 Å². The molecule has 0 aliphatic carbocycles. The Morgan fingerprint density at radius 3 is 3.17 bits per heavy atom. The van der Waals surface area contributed by atoms with E-state index in [1.54, 1.807) is 19.3 Å². The highest BCUT2D eigenvalue weighted by molar-refractivity contribution is 7.13. The Kier molecular flexibility index (Phi) is 4.11. The molecule has 0 spiro atoms. The smallest absolute Gasteiger partial charge is 0.226 e. The summed E-state index contributed by atoms with van der Waals surface area (Å²) in [6.07, 6.45) is 1.80. The van der Waals surface area contributed by atoms with Gasteiger partial charge in [0.25, 0.3) is 0 Å². The van der Waals surface area contributed by atoms with Crippen molar-refractivity contribution in [1.29, 1.82) is 0 Å². The highest BCUT2D eigenvalue weighted by Gasteiger charge is 2.11. The fourth-order valence-electron chi connectivity index (χ4n) is 1.44. The van der Waals surface area contributed by atoms with Crippen molar-refractivity contribution in [2.45, 2.75) is 19.4 Å². The van der Waals surface area contributed by atoms with Crippen LogP contribution in [-0.4, -0.2) is 28.6 Å². The molecule has 18 heavy (non-hydrogen) atoms. The maximum Gasteiger partial charge on any atom is 0.226 e. The van der Waals surface area contributed by atoms with E-state index in [4.69, 9.17) is 9.52 Å². The van der Waals surface area contributed by atoms with Gasteiger partial charge in [-0.2, -0.15) is 0 Å². The number of aliphatic hydroxyl groups is 1. The van der Waals surface area contributed by atoms with Gasteiger partial charge in [0.15, 0.2) is 10.8 Å². The van der Waals surface area contributed by atoms with Gasteiger partial charge in [0.2, 0.25) is 5.91 Å².